The maximum atomic E-state index is 12.7. The number of hydrogen-bond acceptors (Lipinski definition) is 3. The van der Waals surface area contributed by atoms with Gasteiger partial charge >= 0.3 is 0 Å². The van der Waals surface area contributed by atoms with Gasteiger partial charge < -0.3 is 20.9 Å². The zero-order chi connectivity index (χ0) is 21.3. The van der Waals surface area contributed by atoms with Gasteiger partial charge in [-0.2, -0.15) is 0 Å². The summed E-state index contributed by atoms with van der Waals surface area (Å²) in [6.45, 7) is 4.14. The second-order valence-electron chi connectivity index (χ2n) is 7.08. The minimum atomic E-state index is -0.0956. The van der Waals surface area contributed by atoms with Crippen LogP contribution in [0.1, 0.15) is 28.4 Å². The third-order valence-electron chi connectivity index (χ3n) is 5.03. The number of carbonyl (C=O) groups excluding carboxylic acids is 2. The molecule has 0 bridgehead atoms. The molecule has 1 aliphatic rings. The first-order valence-corrected chi connectivity index (χ1v) is 10.3. The summed E-state index contributed by atoms with van der Waals surface area (Å²) in [6, 6.07) is 15.6. The summed E-state index contributed by atoms with van der Waals surface area (Å²) in [5.74, 6) is 0.512. The lowest BCUT2D eigenvalue weighted by Gasteiger charge is -2.17. The van der Waals surface area contributed by atoms with Crippen molar-refractivity contribution in [3.05, 3.63) is 65.2 Å². The monoisotopic (exact) mass is 535 g/mol. The lowest BCUT2D eigenvalue weighted by molar-refractivity contribution is -0.117. The van der Waals surface area contributed by atoms with Gasteiger partial charge in [0.25, 0.3) is 5.91 Å². The molecule has 3 rings (SSSR count). The van der Waals surface area contributed by atoms with Crippen molar-refractivity contribution in [3.63, 3.8) is 0 Å². The van der Waals surface area contributed by atoms with Crippen LogP contribution in [0.2, 0.25) is 0 Å². The highest BCUT2D eigenvalue weighted by Gasteiger charge is 2.23. The maximum absolute atomic E-state index is 12.7. The molecule has 3 N–H and O–H groups in total. The van der Waals surface area contributed by atoms with E-state index in [1.165, 1.54) is 5.56 Å². The third-order valence-corrected chi connectivity index (χ3v) is 5.03. The fraction of sp³-hybridized carbons (Fsp3) is 0.348. The van der Waals surface area contributed by atoms with Crippen LogP contribution in [0.5, 0.6) is 0 Å². The predicted octanol–water partition coefficient (Wildman–Crippen LogP) is 2.35. The van der Waals surface area contributed by atoms with Crippen LogP contribution in [-0.4, -0.2) is 51.0 Å². The van der Waals surface area contributed by atoms with Crippen LogP contribution < -0.4 is 20.9 Å². The standard InChI is InChI=1S/C23H29N5O2.HI/c1-3-25-23(26-13-11-17-7-6-9-19(15-17)22(30)24-2)27-16-21(29)28-14-12-18-8-4-5-10-20(18)28;/h4-10,15H,3,11-14,16H2,1-2H3,(H,24,30)(H2,25,26,27);1H. The number of anilines is 1. The highest BCUT2D eigenvalue weighted by molar-refractivity contribution is 14.0. The summed E-state index contributed by atoms with van der Waals surface area (Å²) in [5.41, 5.74) is 3.90. The molecule has 0 saturated carbocycles. The summed E-state index contributed by atoms with van der Waals surface area (Å²) in [5, 5.41) is 9.08. The van der Waals surface area contributed by atoms with E-state index in [2.05, 4.69) is 27.0 Å². The first-order chi connectivity index (χ1) is 14.6. The second-order valence-corrected chi connectivity index (χ2v) is 7.08. The third kappa shape index (κ3) is 6.68. The Morgan fingerprint density at radius 2 is 1.90 bits per heavy atom. The van der Waals surface area contributed by atoms with E-state index in [0.29, 0.717) is 31.2 Å². The molecule has 0 aromatic heterocycles. The Balaban J connectivity index is 0.00000341. The van der Waals surface area contributed by atoms with E-state index in [1.54, 1.807) is 13.1 Å². The fourth-order valence-electron chi connectivity index (χ4n) is 3.51. The zero-order valence-electron chi connectivity index (χ0n) is 18.0. The number of nitrogens with one attached hydrogen (secondary N) is 3. The molecule has 0 unspecified atom stereocenters. The Labute approximate surface area is 200 Å². The van der Waals surface area contributed by atoms with E-state index in [0.717, 1.165) is 24.1 Å². The minimum absolute atomic E-state index is 0. The minimum Gasteiger partial charge on any atom is -0.357 e. The van der Waals surface area contributed by atoms with E-state index in [1.807, 2.05) is 48.2 Å². The number of guanidine groups is 1. The summed E-state index contributed by atoms with van der Waals surface area (Å²) >= 11 is 0. The van der Waals surface area contributed by atoms with Crippen molar-refractivity contribution >= 4 is 47.4 Å². The van der Waals surface area contributed by atoms with Crippen LogP contribution >= 0.6 is 24.0 Å². The zero-order valence-corrected chi connectivity index (χ0v) is 20.3. The van der Waals surface area contributed by atoms with Crippen LogP contribution in [0.25, 0.3) is 0 Å². The number of benzene rings is 2. The van der Waals surface area contributed by atoms with Crippen LogP contribution in [0.3, 0.4) is 0 Å². The van der Waals surface area contributed by atoms with Crippen LogP contribution in [0.4, 0.5) is 5.69 Å². The SMILES string of the molecule is CCNC(=NCC(=O)N1CCc2ccccc21)NCCc1cccc(C(=O)NC)c1.I. The number of amides is 2. The van der Waals surface area contributed by atoms with Gasteiger partial charge in [-0.1, -0.05) is 30.3 Å². The molecular weight excluding hydrogens is 505 g/mol. The van der Waals surface area contributed by atoms with Gasteiger partial charge in [0.05, 0.1) is 0 Å². The predicted molar refractivity (Wildman–Crippen MR) is 135 cm³/mol. The first kappa shape index (κ1) is 24.6. The fourth-order valence-corrected chi connectivity index (χ4v) is 3.51. The normalized spacial score (nSPS) is 12.6. The Bertz CT molecular complexity index is 932. The quantitative estimate of drug-likeness (QED) is 0.289. The van der Waals surface area contributed by atoms with Crippen LogP contribution in [0, 0.1) is 0 Å². The van der Waals surface area contributed by atoms with Gasteiger partial charge in [0, 0.05) is 37.9 Å². The number of halogens is 1. The number of rotatable bonds is 7. The number of para-hydroxylation sites is 1. The van der Waals surface area contributed by atoms with Crippen molar-refractivity contribution in [3.8, 4) is 0 Å². The molecule has 0 radical (unpaired) electrons. The van der Waals surface area contributed by atoms with E-state index in [-0.39, 0.29) is 42.3 Å². The van der Waals surface area contributed by atoms with Gasteiger partial charge in [-0.15, -0.1) is 24.0 Å². The van der Waals surface area contributed by atoms with Crippen molar-refractivity contribution in [2.75, 3.05) is 38.1 Å². The molecule has 2 amide bonds. The van der Waals surface area contributed by atoms with Crippen molar-refractivity contribution in [1.29, 1.82) is 0 Å². The van der Waals surface area contributed by atoms with Crippen LogP contribution in [0.15, 0.2) is 53.5 Å². The van der Waals surface area contributed by atoms with E-state index < -0.39 is 0 Å². The number of nitrogens with zero attached hydrogens (tertiary/aromatic N) is 2. The molecular formula is C23H30IN5O2. The average molecular weight is 535 g/mol. The summed E-state index contributed by atoms with van der Waals surface area (Å²) < 4.78 is 0. The molecule has 2 aromatic rings. The van der Waals surface area contributed by atoms with E-state index in [9.17, 15) is 9.59 Å². The highest BCUT2D eigenvalue weighted by Crippen LogP contribution is 2.27. The Morgan fingerprint density at radius 1 is 1.10 bits per heavy atom. The van der Waals surface area contributed by atoms with Crippen LogP contribution in [-0.2, 0) is 17.6 Å². The molecule has 0 fully saturated rings. The second kappa shape index (κ2) is 12.3. The first-order valence-electron chi connectivity index (χ1n) is 10.3. The molecule has 2 aromatic carbocycles. The van der Waals surface area contributed by atoms with Gasteiger partial charge in [-0.3, -0.25) is 9.59 Å². The van der Waals surface area contributed by atoms with E-state index >= 15 is 0 Å². The Morgan fingerprint density at radius 3 is 2.68 bits per heavy atom. The highest BCUT2D eigenvalue weighted by atomic mass is 127. The lowest BCUT2D eigenvalue weighted by Crippen LogP contribution is -2.40. The van der Waals surface area contributed by atoms with Gasteiger partial charge in [0.1, 0.15) is 6.54 Å². The maximum Gasteiger partial charge on any atom is 0.251 e. The molecule has 31 heavy (non-hydrogen) atoms. The van der Waals surface area contributed by atoms with Gasteiger partial charge in [-0.05, 0) is 49.1 Å². The van der Waals surface area contributed by atoms with E-state index in [4.69, 9.17) is 0 Å². The Hall–Kier alpha value is -2.62. The summed E-state index contributed by atoms with van der Waals surface area (Å²) in [7, 11) is 1.62. The molecule has 0 spiro atoms. The largest absolute Gasteiger partial charge is 0.357 e. The lowest BCUT2D eigenvalue weighted by atomic mass is 10.1. The average Bonchev–Trinajstić information content (AvgIpc) is 3.21. The summed E-state index contributed by atoms with van der Waals surface area (Å²) in [6.07, 6.45) is 1.63. The molecule has 0 atom stereocenters. The molecule has 1 aliphatic heterocycles. The molecule has 8 heteroatoms. The molecule has 7 nitrogen and oxygen atoms in total. The van der Waals surface area contributed by atoms with Gasteiger partial charge in [0.2, 0.25) is 5.91 Å². The van der Waals surface area contributed by atoms with Crippen molar-refractivity contribution in [2.45, 2.75) is 19.8 Å². The van der Waals surface area contributed by atoms with Crippen molar-refractivity contribution in [1.82, 2.24) is 16.0 Å². The van der Waals surface area contributed by atoms with Crippen molar-refractivity contribution in [2.24, 2.45) is 4.99 Å². The number of aliphatic imine (C=N–C) groups is 1. The smallest absolute Gasteiger partial charge is 0.251 e. The molecule has 166 valence electrons. The number of carbonyl (C=O) groups is 2. The number of fused-ring (bicyclic) bond motifs is 1. The van der Waals surface area contributed by atoms with Gasteiger partial charge in [-0.25, -0.2) is 4.99 Å². The topological polar surface area (TPSA) is 85.8 Å². The molecule has 0 saturated heterocycles. The van der Waals surface area contributed by atoms with Gasteiger partial charge in [0.15, 0.2) is 5.96 Å². The van der Waals surface area contributed by atoms with Crippen molar-refractivity contribution < 1.29 is 9.59 Å². The Kier molecular flexibility index (Phi) is 9.77. The summed E-state index contributed by atoms with van der Waals surface area (Å²) in [4.78, 5) is 30.7. The molecule has 1 heterocycles. The molecule has 0 aliphatic carbocycles. The number of hydrogen-bond donors (Lipinski definition) is 3.